The largest absolute Gasteiger partial charge is 0.378 e. The molecule has 0 unspecified atom stereocenters. The molecule has 4 rings (SSSR count). The fourth-order valence-corrected chi connectivity index (χ4v) is 4.35. The van der Waals surface area contributed by atoms with Gasteiger partial charge >= 0.3 is 0 Å². The minimum Gasteiger partial charge on any atom is -0.378 e. The standard InChI is InChI=1S/C26H28N4O3/c1-28(2)22-13-11-20(12-14-22)25(29-16-15-19-7-3-4-8-21(19)18-29)17-27-26(31)23-9-5-6-10-24(23)30(32)33/h3-14,25H,15-18H2,1-2H3,(H,27,31)/t25-/m1/s1. The second-order valence-electron chi connectivity index (χ2n) is 8.48. The van der Waals surface area contributed by atoms with Gasteiger partial charge in [-0.05, 0) is 41.3 Å². The van der Waals surface area contributed by atoms with E-state index in [2.05, 4.69) is 58.7 Å². The Bertz CT molecular complexity index is 1140. The van der Waals surface area contributed by atoms with Gasteiger partial charge in [-0.2, -0.15) is 0 Å². The van der Waals surface area contributed by atoms with Gasteiger partial charge in [-0.1, -0.05) is 48.5 Å². The molecular weight excluding hydrogens is 416 g/mol. The summed E-state index contributed by atoms with van der Waals surface area (Å²) in [5.41, 5.74) is 4.75. The SMILES string of the molecule is CN(C)c1ccc([C@@H](CNC(=O)c2ccccc2[N+](=O)[O-])N2CCc3ccccc3C2)cc1. The average Bonchev–Trinajstić information content (AvgIpc) is 2.84. The zero-order chi connectivity index (χ0) is 23.4. The number of para-hydroxylation sites is 1. The van der Waals surface area contributed by atoms with Crippen molar-refractivity contribution in [3.05, 3.63) is 105 Å². The van der Waals surface area contributed by atoms with Crippen LogP contribution < -0.4 is 10.2 Å². The fraction of sp³-hybridized carbons (Fsp3) is 0.269. The lowest BCUT2D eigenvalue weighted by molar-refractivity contribution is -0.385. The minimum atomic E-state index is -0.520. The molecule has 0 aromatic heterocycles. The third-order valence-electron chi connectivity index (χ3n) is 6.20. The highest BCUT2D eigenvalue weighted by Crippen LogP contribution is 2.29. The van der Waals surface area contributed by atoms with Crippen LogP contribution >= 0.6 is 0 Å². The molecule has 3 aromatic carbocycles. The fourth-order valence-electron chi connectivity index (χ4n) is 4.35. The molecule has 0 saturated heterocycles. The van der Waals surface area contributed by atoms with Crippen LogP contribution in [0, 0.1) is 10.1 Å². The Hall–Kier alpha value is -3.71. The molecule has 3 aromatic rings. The Balaban J connectivity index is 1.58. The van der Waals surface area contributed by atoms with Gasteiger partial charge in [0.15, 0.2) is 0 Å². The summed E-state index contributed by atoms with van der Waals surface area (Å²) in [6, 6.07) is 22.8. The van der Waals surface area contributed by atoms with Gasteiger partial charge < -0.3 is 10.2 Å². The second kappa shape index (κ2) is 9.83. The van der Waals surface area contributed by atoms with E-state index in [0.29, 0.717) is 6.54 Å². The third-order valence-corrected chi connectivity index (χ3v) is 6.20. The van der Waals surface area contributed by atoms with Crippen LogP contribution in [0.4, 0.5) is 11.4 Å². The molecule has 170 valence electrons. The molecule has 1 amide bonds. The van der Waals surface area contributed by atoms with E-state index < -0.39 is 10.8 Å². The van der Waals surface area contributed by atoms with E-state index in [9.17, 15) is 14.9 Å². The Labute approximate surface area is 193 Å². The van der Waals surface area contributed by atoms with Gasteiger partial charge in [0.2, 0.25) is 0 Å². The average molecular weight is 445 g/mol. The van der Waals surface area contributed by atoms with Gasteiger partial charge in [0.25, 0.3) is 11.6 Å². The van der Waals surface area contributed by atoms with Crippen LogP contribution in [0.3, 0.4) is 0 Å². The maximum Gasteiger partial charge on any atom is 0.282 e. The first-order valence-electron chi connectivity index (χ1n) is 11.0. The maximum absolute atomic E-state index is 12.9. The molecule has 0 bridgehead atoms. The predicted octanol–water partition coefficient (Wildman–Crippen LogP) is 4.19. The van der Waals surface area contributed by atoms with Crippen molar-refractivity contribution in [1.82, 2.24) is 10.2 Å². The van der Waals surface area contributed by atoms with E-state index in [1.165, 1.54) is 23.3 Å². The zero-order valence-electron chi connectivity index (χ0n) is 18.9. The first kappa shape index (κ1) is 22.5. The predicted molar refractivity (Wildman–Crippen MR) is 129 cm³/mol. The molecule has 1 N–H and O–H groups in total. The van der Waals surface area contributed by atoms with Gasteiger partial charge in [-0.3, -0.25) is 19.8 Å². The molecule has 1 atom stereocenters. The summed E-state index contributed by atoms with van der Waals surface area (Å²) in [6.07, 6.45) is 0.945. The lowest BCUT2D eigenvalue weighted by Gasteiger charge is -2.36. The summed E-state index contributed by atoms with van der Waals surface area (Å²) >= 11 is 0. The van der Waals surface area contributed by atoms with Crippen molar-refractivity contribution < 1.29 is 9.72 Å². The summed E-state index contributed by atoms with van der Waals surface area (Å²) < 4.78 is 0. The number of fused-ring (bicyclic) bond motifs is 1. The lowest BCUT2D eigenvalue weighted by atomic mass is 9.96. The van der Waals surface area contributed by atoms with E-state index in [4.69, 9.17) is 0 Å². The molecule has 1 aliphatic rings. The van der Waals surface area contributed by atoms with Crippen LogP contribution in [0.5, 0.6) is 0 Å². The van der Waals surface area contributed by atoms with E-state index in [-0.39, 0.29) is 17.3 Å². The number of carbonyl (C=O) groups excluding carboxylic acids is 1. The van der Waals surface area contributed by atoms with E-state index in [0.717, 1.165) is 30.8 Å². The van der Waals surface area contributed by atoms with Gasteiger partial charge in [0.1, 0.15) is 5.56 Å². The van der Waals surface area contributed by atoms with Crippen LogP contribution in [0.15, 0.2) is 72.8 Å². The minimum absolute atomic E-state index is 0.0544. The first-order valence-corrected chi connectivity index (χ1v) is 11.0. The number of carbonyl (C=O) groups is 1. The van der Waals surface area contributed by atoms with Crippen molar-refractivity contribution in [2.24, 2.45) is 0 Å². The molecule has 1 heterocycles. The van der Waals surface area contributed by atoms with Crippen LogP contribution in [-0.2, 0) is 13.0 Å². The van der Waals surface area contributed by atoms with Crippen molar-refractivity contribution in [1.29, 1.82) is 0 Å². The first-order chi connectivity index (χ1) is 15.9. The smallest absolute Gasteiger partial charge is 0.282 e. The highest BCUT2D eigenvalue weighted by atomic mass is 16.6. The number of nitro groups is 1. The van der Waals surface area contributed by atoms with Crippen molar-refractivity contribution >= 4 is 17.3 Å². The van der Waals surface area contributed by atoms with Crippen molar-refractivity contribution in [2.75, 3.05) is 32.1 Å². The summed E-state index contributed by atoms with van der Waals surface area (Å²) in [4.78, 5) is 28.1. The Kier molecular flexibility index (Phi) is 6.70. The normalized spacial score (nSPS) is 14.2. The summed E-state index contributed by atoms with van der Waals surface area (Å²) in [5.74, 6) is -0.436. The number of benzene rings is 3. The molecule has 1 aliphatic heterocycles. The number of rotatable bonds is 7. The van der Waals surface area contributed by atoms with E-state index in [1.54, 1.807) is 12.1 Å². The van der Waals surface area contributed by atoms with Gasteiger partial charge in [-0.25, -0.2) is 0 Å². The van der Waals surface area contributed by atoms with Crippen molar-refractivity contribution in [3.63, 3.8) is 0 Å². The monoisotopic (exact) mass is 444 g/mol. The Morgan fingerprint density at radius 2 is 1.70 bits per heavy atom. The third kappa shape index (κ3) is 5.04. The molecule has 7 heteroatoms. The van der Waals surface area contributed by atoms with Crippen LogP contribution in [0.1, 0.15) is 33.1 Å². The van der Waals surface area contributed by atoms with E-state index >= 15 is 0 Å². The summed E-state index contributed by atoms with van der Waals surface area (Å²) in [5, 5.41) is 14.3. The number of nitro benzene ring substituents is 1. The second-order valence-corrected chi connectivity index (χ2v) is 8.48. The van der Waals surface area contributed by atoms with Gasteiger partial charge in [0, 0.05) is 45.5 Å². The Morgan fingerprint density at radius 3 is 2.39 bits per heavy atom. The number of hydrogen-bond donors (Lipinski definition) is 1. The lowest BCUT2D eigenvalue weighted by Crippen LogP contribution is -2.40. The van der Waals surface area contributed by atoms with Crippen molar-refractivity contribution in [2.45, 2.75) is 19.0 Å². The summed E-state index contributed by atoms with van der Waals surface area (Å²) in [6.45, 7) is 2.02. The summed E-state index contributed by atoms with van der Waals surface area (Å²) in [7, 11) is 4.00. The quantitative estimate of drug-likeness (QED) is 0.437. The molecule has 7 nitrogen and oxygen atoms in total. The molecule has 0 saturated carbocycles. The number of hydrogen-bond acceptors (Lipinski definition) is 5. The topological polar surface area (TPSA) is 78.7 Å². The maximum atomic E-state index is 12.9. The van der Waals surface area contributed by atoms with E-state index in [1.807, 2.05) is 19.0 Å². The van der Waals surface area contributed by atoms with Crippen molar-refractivity contribution in [3.8, 4) is 0 Å². The highest BCUT2D eigenvalue weighted by Gasteiger charge is 2.26. The number of nitrogens with zero attached hydrogens (tertiary/aromatic N) is 3. The molecule has 0 radical (unpaired) electrons. The van der Waals surface area contributed by atoms with Crippen LogP contribution in [-0.4, -0.2) is 42.9 Å². The number of amides is 1. The number of anilines is 1. The van der Waals surface area contributed by atoms with Crippen LogP contribution in [0.2, 0.25) is 0 Å². The molecular formula is C26H28N4O3. The zero-order valence-corrected chi connectivity index (χ0v) is 18.9. The molecule has 0 aliphatic carbocycles. The highest BCUT2D eigenvalue weighted by molar-refractivity contribution is 5.98. The molecule has 0 fully saturated rings. The van der Waals surface area contributed by atoms with Crippen LogP contribution in [0.25, 0.3) is 0 Å². The molecule has 0 spiro atoms. The number of nitrogens with one attached hydrogen (secondary N) is 1. The Morgan fingerprint density at radius 1 is 1.03 bits per heavy atom. The molecule has 33 heavy (non-hydrogen) atoms. The van der Waals surface area contributed by atoms with Gasteiger partial charge in [0.05, 0.1) is 11.0 Å². The van der Waals surface area contributed by atoms with Gasteiger partial charge in [-0.15, -0.1) is 0 Å².